The van der Waals surface area contributed by atoms with Crippen molar-refractivity contribution in [1.82, 2.24) is 4.98 Å². The predicted octanol–water partition coefficient (Wildman–Crippen LogP) is 2.67. The van der Waals surface area contributed by atoms with Crippen LogP contribution in [0.2, 0.25) is 0 Å². The number of hydrogen-bond donors (Lipinski definition) is 1. The Balaban J connectivity index is 2.51. The summed E-state index contributed by atoms with van der Waals surface area (Å²) in [7, 11) is 0. The first kappa shape index (κ1) is 14.0. The van der Waals surface area contributed by atoms with Gasteiger partial charge >= 0.3 is 5.97 Å². The van der Waals surface area contributed by atoms with Crippen LogP contribution in [0.25, 0.3) is 11.3 Å². The molecule has 0 aliphatic carbocycles. The fraction of sp³-hybridized carbons (Fsp3) is 0.200. The van der Waals surface area contributed by atoms with Crippen LogP contribution in [0.4, 0.5) is 4.39 Å². The van der Waals surface area contributed by atoms with E-state index in [4.69, 9.17) is 4.74 Å². The van der Waals surface area contributed by atoms with Crippen molar-refractivity contribution < 1.29 is 13.9 Å². The molecular weight excluding hydrogens is 261 g/mol. The molecular formula is C15H14FNO3. The van der Waals surface area contributed by atoms with Gasteiger partial charge in [0.05, 0.1) is 6.61 Å². The first-order chi connectivity index (χ1) is 9.52. The third-order valence-electron chi connectivity index (χ3n) is 2.83. The highest BCUT2D eigenvalue weighted by atomic mass is 19.1. The SMILES string of the molecule is CCOC(=O)c1c(C)[nH]c(-c2cccc(F)c2)cc1=O. The standard InChI is InChI=1S/C15H14FNO3/c1-3-20-15(19)14-9(2)17-12(8-13(14)18)10-5-4-6-11(16)7-10/h4-8H,3H2,1-2H3,(H,17,18). The van der Waals surface area contributed by atoms with Crippen LogP contribution in [0.1, 0.15) is 23.0 Å². The lowest BCUT2D eigenvalue weighted by molar-refractivity contribution is 0.0523. The van der Waals surface area contributed by atoms with E-state index in [-0.39, 0.29) is 12.2 Å². The van der Waals surface area contributed by atoms with Gasteiger partial charge in [-0.3, -0.25) is 4.79 Å². The molecule has 0 amide bonds. The summed E-state index contributed by atoms with van der Waals surface area (Å²) >= 11 is 0. The number of carbonyl (C=O) groups is 1. The number of ether oxygens (including phenoxy) is 1. The quantitative estimate of drug-likeness (QED) is 0.876. The van der Waals surface area contributed by atoms with Crippen LogP contribution in [-0.2, 0) is 4.74 Å². The highest BCUT2D eigenvalue weighted by Crippen LogP contribution is 2.18. The van der Waals surface area contributed by atoms with E-state index < -0.39 is 17.2 Å². The number of rotatable bonds is 3. The molecule has 2 aromatic rings. The third-order valence-corrected chi connectivity index (χ3v) is 2.83. The molecule has 0 spiro atoms. The van der Waals surface area contributed by atoms with E-state index in [9.17, 15) is 14.0 Å². The third kappa shape index (κ3) is 2.77. The first-order valence-electron chi connectivity index (χ1n) is 6.20. The minimum Gasteiger partial charge on any atom is -0.462 e. The molecule has 0 aliphatic heterocycles. The molecule has 5 heteroatoms. The van der Waals surface area contributed by atoms with Gasteiger partial charge in [-0.1, -0.05) is 12.1 Å². The molecule has 1 aromatic heterocycles. The molecule has 0 saturated heterocycles. The van der Waals surface area contributed by atoms with Crippen LogP contribution in [-0.4, -0.2) is 17.6 Å². The van der Waals surface area contributed by atoms with Crippen molar-refractivity contribution in [2.24, 2.45) is 0 Å². The van der Waals surface area contributed by atoms with Crippen molar-refractivity contribution in [3.05, 3.63) is 57.6 Å². The van der Waals surface area contributed by atoms with Crippen molar-refractivity contribution >= 4 is 5.97 Å². The van der Waals surface area contributed by atoms with E-state index in [2.05, 4.69) is 4.98 Å². The number of aryl methyl sites for hydroxylation is 1. The number of pyridine rings is 1. The van der Waals surface area contributed by atoms with E-state index in [0.717, 1.165) is 0 Å². The van der Waals surface area contributed by atoms with Crippen molar-refractivity contribution in [3.63, 3.8) is 0 Å². The van der Waals surface area contributed by atoms with Crippen LogP contribution in [0.15, 0.2) is 35.1 Å². The monoisotopic (exact) mass is 275 g/mol. The minimum absolute atomic E-state index is 0.0213. The lowest BCUT2D eigenvalue weighted by Gasteiger charge is -2.08. The second kappa shape index (κ2) is 5.69. The fourth-order valence-corrected chi connectivity index (χ4v) is 1.96. The summed E-state index contributed by atoms with van der Waals surface area (Å²) in [5.41, 5.74) is 0.932. The van der Waals surface area contributed by atoms with E-state index in [1.54, 1.807) is 26.0 Å². The number of aromatic nitrogens is 1. The van der Waals surface area contributed by atoms with Gasteiger partial charge < -0.3 is 9.72 Å². The number of halogens is 1. The lowest BCUT2D eigenvalue weighted by Crippen LogP contribution is -2.20. The Kier molecular flexibility index (Phi) is 3.98. The fourth-order valence-electron chi connectivity index (χ4n) is 1.96. The number of aromatic amines is 1. The largest absolute Gasteiger partial charge is 0.462 e. The van der Waals surface area contributed by atoms with Crippen LogP contribution in [0.5, 0.6) is 0 Å². The normalized spacial score (nSPS) is 10.3. The summed E-state index contributed by atoms with van der Waals surface area (Å²) in [5.74, 6) is -1.05. The Morgan fingerprint density at radius 3 is 2.70 bits per heavy atom. The maximum absolute atomic E-state index is 13.2. The topological polar surface area (TPSA) is 59.2 Å². The van der Waals surface area contributed by atoms with E-state index >= 15 is 0 Å². The van der Waals surface area contributed by atoms with E-state index in [1.807, 2.05) is 0 Å². The van der Waals surface area contributed by atoms with Gasteiger partial charge in [0.1, 0.15) is 11.4 Å². The Morgan fingerprint density at radius 2 is 2.10 bits per heavy atom. The number of nitrogens with one attached hydrogen (secondary N) is 1. The van der Waals surface area contributed by atoms with Gasteiger partial charge in [-0.2, -0.15) is 0 Å². The smallest absolute Gasteiger partial charge is 0.343 e. The number of esters is 1. The van der Waals surface area contributed by atoms with E-state index in [0.29, 0.717) is 17.0 Å². The number of hydrogen-bond acceptors (Lipinski definition) is 3. The zero-order valence-corrected chi connectivity index (χ0v) is 11.2. The summed E-state index contributed by atoms with van der Waals surface area (Å²) in [6.07, 6.45) is 0. The highest BCUT2D eigenvalue weighted by Gasteiger charge is 2.16. The first-order valence-corrected chi connectivity index (χ1v) is 6.20. The molecule has 4 nitrogen and oxygen atoms in total. The number of carbonyl (C=O) groups excluding carboxylic acids is 1. The lowest BCUT2D eigenvalue weighted by atomic mass is 10.1. The van der Waals surface area contributed by atoms with Gasteiger partial charge in [0.2, 0.25) is 0 Å². The molecule has 0 saturated carbocycles. The number of benzene rings is 1. The summed E-state index contributed by atoms with van der Waals surface area (Å²) in [4.78, 5) is 26.6. The van der Waals surface area contributed by atoms with Crippen molar-refractivity contribution in [1.29, 1.82) is 0 Å². The summed E-state index contributed by atoms with van der Waals surface area (Å²) in [6.45, 7) is 3.47. The second-order valence-electron chi connectivity index (χ2n) is 4.28. The van der Waals surface area contributed by atoms with Crippen molar-refractivity contribution in [2.45, 2.75) is 13.8 Å². The molecule has 0 bridgehead atoms. The Morgan fingerprint density at radius 1 is 1.35 bits per heavy atom. The molecule has 104 valence electrons. The molecule has 1 heterocycles. The summed E-state index contributed by atoms with van der Waals surface area (Å²) in [6, 6.07) is 7.14. The zero-order chi connectivity index (χ0) is 14.7. The molecule has 0 radical (unpaired) electrons. The van der Waals surface area contributed by atoms with Gasteiger partial charge in [-0.05, 0) is 26.0 Å². The van der Waals surface area contributed by atoms with Gasteiger partial charge in [-0.25, -0.2) is 9.18 Å². The maximum atomic E-state index is 13.2. The average molecular weight is 275 g/mol. The number of H-pyrrole nitrogens is 1. The summed E-state index contributed by atoms with van der Waals surface area (Å²) in [5, 5.41) is 0. The molecule has 1 N–H and O–H groups in total. The van der Waals surface area contributed by atoms with Gasteiger partial charge in [-0.15, -0.1) is 0 Å². The van der Waals surface area contributed by atoms with Crippen LogP contribution >= 0.6 is 0 Å². The molecule has 0 aliphatic rings. The van der Waals surface area contributed by atoms with Crippen molar-refractivity contribution in [3.8, 4) is 11.3 Å². The molecule has 1 aromatic carbocycles. The Bertz CT molecular complexity index is 707. The van der Waals surface area contributed by atoms with Crippen LogP contribution in [0.3, 0.4) is 0 Å². The van der Waals surface area contributed by atoms with Gasteiger partial charge in [0.25, 0.3) is 0 Å². The second-order valence-corrected chi connectivity index (χ2v) is 4.28. The zero-order valence-electron chi connectivity index (χ0n) is 11.2. The van der Waals surface area contributed by atoms with Gasteiger partial charge in [0, 0.05) is 23.0 Å². The maximum Gasteiger partial charge on any atom is 0.343 e. The average Bonchev–Trinajstić information content (AvgIpc) is 2.38. The molecule has 2 rings (SSSR count). The predicted molar refractivity (Wildman–Crippen MR) is 73.2 cm³/mol. The Labute approximate surface area is 115 Å². The van der Waals surface area contributed by atoms with Gasteiger partial charge in [0.15, 0.2) is 5.43 Å². The molecule has 20 heavy (non-hydrogen) atoms. The minimum atomic E-state index is -0.656. The Hall–Kier alpha value is -2.43. The van der Waals surface area contributed by atoms with Crippen LogP contribution < -0.4 is 5.43 Å². The molecule has 0 atom stereocenters. The molecule has 0 unspecified atom stereocenters. The highest BCUT2D eigenvalue weighted by molar-refractivity contribution is 5.90. The van der Waals surface area contributed by atoms with Crippen molar-refractivity contribution in [2.75, 3.05) is 6.61 Å². The molecule has 0 fully saturated rings. The van der Waals surface area contributed by atoms with Crippen LogP contribution in [0, 0.1) is 12.7 Å². The summed E-state index contributed by atoms with van der Waals surface area (Å²) < 4.78 is 18.0. The van der Waals surface area contributed by atoms with E-state index in [1.165, 1.54) is 18.2 Å².